The summed E-state index contributed by atoms with van der Waals surface area (Å²) in [4.78, 5) is 8.23. The zero-order chi connectivity index (χ0) is 8.55. The second-order valence-corrected chi connectivity index (χ2v) is 3.90. The van der Waals surface area contributed by atoms with E-state index in [0.717, 1.165) is 20.0 Å². The maximum atomic E-state index is 4.21. The molecular formula is C8H4Br2N2. The van der Waals surface area contributed by atoms with Gasteiger partial charge in [-0.15, -0.1) is 0 Å². The zero-order valence-corrected chi connectivity index (χ0v) is 9.13. The number of pyridine rings is 2. The number of fused-ring (bicyclic) bond motifs is 1. The van der Waals surface area contributed by atoms with E-state index in [4.69, 9.17) is 0 Å². The first kappa shape index (κ1) is 8.13. The average molecular weight is 288 g/mol. The average Bonchev–Trinajstić information content (AvgIpc) is 2.04. The maximum Gasteiger partial charge on any atom is 0.115 e. The van der Waals surface area contributed by atoms with Crippen LogP contribution in [0.3, 0.4) is 0 Å². The van der Waals surface area contributed by atoms with Gasteiger partial charge in [0.05, 0.1) is 0 Å². The molecule has 0 aliphatic carbocycles. The van der Waals surface area contributed by atoms with E-state index in [0.29, 0.717) is 0 Å². The van der Waals surface area contributed by atoms with Gasteiger partial charge in [0.1, 0.15) is 9.21 Å². The monoisotopic (exact) mass is 286 g/mol. The van der Waals surface area contributed by atoms with Crippen LogP contribution in [-0.4, -0.2) is 9.97 Å². The Morgan fingerprint density at radius 1 is 1.25 bits per heavy atom. The number of halogens is 2. The molecule has 0 aromatic carbocycles. The van der Waals surface area contributed by atoms with E-state index < -0.39 is 0 Å². The summed E-state index contributed by atoms with van der Waals surface area (Å²) in [6, 6.07) is 3.87. The molecule has 12 heavy (non-hydrogen) atoms. The quantitative estimate of drug-likeness (QED) is 0.696. The van der Waals surface area contributed by atoms with Crippen LogP contribution >= 0.6 is 31.9 Å². The molecule has 2 nitrogen and oxygen atoms in total. The molecule has 0 amide bonds. The maximum absolute atomic E-state index is 4.21. The lowest BCUT2D eigenvalue weighted by Gasteiger charge is -1.98. The molecule has 2 aromatic heterocycles. The molecule has 0 spiro atoms. The zero-order valence-electron chi connectivity index (χ0n) is 5.96. The fourth-order valence-corrected chi connectivity index (χ4v) is 2.24. The molecule has 0 fully saturated rings. The van der Waals surface area contributed by atoms with Crippen molar-refractivity contribution in [2.75, 3.05) is 0 Å². The van der Waals surface area contributed by atoms with Crippen LogP contribution in [0.1, 0.15) is 0 Å². The van der Waals surface area contributed by atoms with Gasteiger partial charge in [-0.2, -0.15) is 0 Å². The number of rotatable bonds is 0. The van der Waals surface area contributed by atoms with Crippen molar-refractivity contribution in [2.24, 2.45) is 0 Å². The molecule has 0 N–H and O–H groups in total. The van der Waals surface area contributed by atoms with Crippen molar-refractivity contribution in [2.45, 2.75) is 0 Å². The van der Waals surface area contributed by atoms with Crippen molar-refractivity contribution in [1.29, 1.82) is 0 Å². The van der Waals surface area contributed by atoms with E-state index in [-0.39, 0.29) is 0 Å². The summed E-state index contributed by atoms with van der Waals surface area (Å²) in [5.41, 5.74) is 0. The van der Waals surface area contributed by atoms with E-state index in [1.54, 1.807) is 6.20 Å². The van der Waals surface area contributed by atoms with Crippen LogP contribution < -0.4 is 0 Å². The molecule has 4 heteroatoms. The van der Waals surface area contributed by atoms with Gasteiger partial charge in [-0.25, -0.2) is 4.98 Å². The predicted molar refractivity (Wildman–Crippen MR) is 54.9 cm³/mol. The van der Waals surface area contributed by atoms with Crippen molar-refractivity contribution < 1.29 is 0 Å². The van der Waals surface area contributed by atoms with Crippen molar-refractivity contribution >= 4 is 42.6 Å². The van der Waals surface area contributed by atoms with E-state index in [1.807, 2.05) is 18.3 Å². The third-order valence-electron chi connectivity index (χ3n) is 1.55. The molecule has 0 bridgehead atoms. The molecule has 0 atom stereocenters. The molecule has 0 saturated heterocycles. The standard InChI is InChI=1S/C8H4Br2N2/c9-7-3-5-4-11-2-1-6(5)8(10)12-7/h1-4H. The molecule has 0 aliphatic rings. The molecule has 0 saturated carbocycles. The fraction of sp³-hybridized carbons (Fsp3) is 0. The number of hydrogen-bond acceptors (Lipinski definition) is 2. The summed E-state index contributed by atoms with van der Waals surface area (Å²) < 4.78 is 1.66. The Bertz CT molecular complexity index is 428. The van der Waals surface area contributed by atoms with Crippen LogP contribution in [0.4, 0.5) is 0 Å². The topological polar surface area (TPSA) is 25.8 Å². The van der Waals surface area contributed by atoms with Gasteiger partial charge < -0.3 is 0 Å². The van der Waals surface area contributed by atoms with Gasteiger partial charge >= 0.3 is 0 Å². The predicted octanol–water partition coefficient (Wildman–Crippen LogP) is 3.15. The lowest BCUT2D eigenvalue weighted by molar-refractivity contribution is 1.25. The molecule has 0 unspecified atom stereocenters. The molecule has 2 aromatic rings. The second-order valence-electron chi connectivity index (χ2n) is 2.33. The lowest BCUT2D eigenvalue weighted by atomic mass is 10.2. The van der Waals surface area contributed by atoms with Crippen LogP contribution in [0, 0.1) is 0 Å². The third kappa shape index (κ3) is 1.36. The van der Waals surface area contributed by atoms with Gasteiger partial charge in [0.2, 0.25) is 0 Å². The van der Waals surface area contributed by atoms with E-state index in [1.165, 1.54) is 0 Å². The minimum atomic E-state index is 0.815. The van der Waals surface area contributed by atoms with Gasteiger partial charge in [0.25, 0.3) is 0 Å². The summed E-state index contributed by atoms with van der Waals surface area (Å²) in [6.45, 7) is 0. The molecule has 0 aliphatic heterocycles. The summed E-state index contributed by atoms with van der Waals surface area (Å²) in [5.74, 6) is 0. The van der Waals surface area contributed by atoms with E-state index in [9.17, 15) is 0 Å². The normalized spacial score (nSPS) is 10.5. The largest absolute Gasteiger partial charge is 0.264 e. The first-order valence-corrected chi connectivity index (χ1v) is 4.92. The summed E-state index contributed by atoms with van der Waals surface area (Å²) >= 11 is 6.69. The second kappa shape index (κ2) is 3.11. The highest BCUT2D eigenvalue weighted by Gasteiger charge is 2.00. The van der Waals surface area contributed by atoms with Gasteiger partial charge in [-0.05, 0) is 44.0 Å². The van der Waals surface area contributed by atoms with Crippen molar-refractivity contribution in [3.05, 3.63) is 33.7 Å². The molecule has 2 heterocycles. The highest BCUT2D eigenvalue weighted by atomic mass is 79.9. The minimum Gasteiger partial charge on any atom is -0.264 e. The van der Waals surface area contributed by atoms with Crippen molar-refractivity contribution in [1.82, 2.24) is 9.97 Å². The molecule has 0 radical (unpaired) electrons. The molecule has 60 valence electrons. The van der Waals surface area contributed by atoms with Crippen LogP contribution in [0.5, 0.6) is 0 Å². The minimum absolute atomic E-state index is 0.815. The Labute approximate surface area is 86.3 Å². The fourth-order valence-electron chi connectivity index (χ4n) is 1.02. The summed E-state index contributed by atoms with van der Waals surface area (Å²) in [6.07, 6.45) is 3.56. The highest BCUT2D eigenvalue weighted by Crippen LogP contribution is 2.23. The smallest absolute Gasteiger partial charge is 0.115 e. The Morgan fingerprint density at radius 3 is 2.92 bits per heavy atom. The first-order valence-electron chi connectivity index (χ1n) is 3.33. The number of nitrogens with zero attached hydrogens (tertiary/aromatic N) is 2. The van der Waals surface area contributed by atoms with E-state index >= 15 is 0 Å². The van der Waals surface area contributed by atoms with Crippen LogP contribution in [0.15, 0.2) is 33.7 Å². The molecule has 2 rings (SSSR count). The first-order chi connectivity index (χ1) is 5.77. The van der Waals surface area contributed by atoms with Gasteiger partial charge in [0.15, 0.2) is 0 Å². The summed E-state index contributed by atoms with van der Waals surface area (Å²) in [7, 11) is 0. The van der Waals surface area contributed by atoms with Crippen molar-refractivity contribution in [3.8, 4) is 0 Å². The molecular weight excluding hydrogens is 284 g/mol. The van der Waals surface area contributed by atoms with Gasteiger partial charge in [-0.1, -0.05) is 0 Å². The Balaban J connectivity index is 2.89. The highest BCUT2D eigenvalue weighted by molar-refractivity contribution is 9.11. The van der Waals surface area contributed by atoms with Gasteiger partial charge in [0, 0.05) is 23.2 Å². The van der Waals surface area contributed by atoms with Gasteiger partial charge in [-0.3, -0.25) is 4.98 Å². The number of aromatic nitrogens is 2. The van der Waals surface area contributed by atoms with Crippen molar-refractivity contribution in [3.63, 3.8) is 0 Å². The van der Waals surface area contributed by atoms with E-state index in [2.05, 4.69) is 41.8 Å². The summed E-state index contributed by atoms with van der Waals surface area (Å²) in [5, 5.41) is 2.15. The lowest BCUT2D eigenvalue weighted by Crippen LogP contribution is -1.82. The van der Waals surface area contributed by atoms with Crippen LogP contribution in [0.2, 0.25) is 0 Å². The number of hydrogen-bond donors (Lipinski definition) is 0. The Kier molecular flexibility index (Phi) is 2.11. The van der Waals surface area contributed by atoms with Crippen LogP contribution in [0.25, 0.3) is 10.8 Å². The SMILES string of the molecule is Brc1cc2cnccc2c(Br)n1. The Hall–Kier alpha value is -0.480. The third-order valence-corrected chi connectivity index (χ3v) is 2.56. The Morgan fingerprint density at radius 2 is 2.08 bits per heavy atom. The van der Waals surface area contributed by atoms with Crippen LogP contribution in [-0.2, 0) is 0 Å².